The summed E-state index contributed by atoms with van der Waals surface area (Å²) in [6.07, 6.45) is 0. The van der Waals surface area contributed by atoms with Gasteiger partial charge in [-0.3, -0.25) is 11.1 Å². The van der Waals surface area contributed by atoms with E-state index in [9.17, 15) is 4.39 Å². The zero-order chi connectivity index (χ0) is 8.97. The second-order valence-electron chi connectivity index (χ2n) is 2.28. The summed E-state index contributed by atoms with van der Waals surface area (Å²) in [5, 5.41) is 5.49. The van der Waals surface area contributed by atoms with Crippen LogP contribution in [0, 0.1) is 5.82 Å². The van der Waals surface area contributed by atoms with E-state index in [1.807, 2.05) is 0 Å². The lowest BCUT2D eigenvalue weighted by molar-refractivity contribution is -0.110. The number of rotatable bonds is 2. The summed E-state index contributed by atoms with van der Waals surface area (Å²) in [6, 6.07) is 6.57. The molecule has 0 atom stereocenters. The van der Waals surface area contributed by atoms with Gasteiger partial charge in [0, 0.05) is 5.75 Å². The van der Waals surface area contributed by atoms with Gasteiger partial charge in [-0.05, 0) is 23.4 Å². The third-order valence-electron chi connectivity index (χ3n) is 1.35. The molecule has 0 aliphatic heterocycles. The highest BCUT2D eigenvalue weighted by Gasteiger charge is 2.02. The zero-order valence-corrected chi connectivity index (χ0v) is 7.27. The normalized spacial score (nSPS) is 9.75. The van der Waals surface area contributed by atoms with Gasteiger partial charge in [-0.1, -0.05) is 18.2 Å². The predicted octanol–water partition coefficient (Wildman–Crippen LogP) is 0.133. The van der Waals surface area contributed by atoms with Gasteiger partial charge >= 0.3 is 0 Å². The molecule has 4 N–H and O–H groups in total. The molecule has 0 unspecified atom stereocenters. The van der Waals surface area contributed by atoms with Gasteiger partial charge in [0.2, 0.25) is 0 Å². The zero-order valence-electron chi connectivity index (χ0n) is 6.46. The van der Waals surface area contributed by atoms with Crippen molar-refractivity contribution < 1.29 is 9.80 Å². The van der Waals surface area contributed by atoms with Crippen molar-refractivity contribution in [2.75, 3.05) is 0 Å². The van der Waals surface area contributed by atoms with Crippen molar-refractivity contribution in [1.82, 2.24) is 0 Å². The molecule has 4 heteroatoms. The van der Waals surface area contributed by atoms with Crippen LogP contribution in [-0.2, 0) is 5.75 Å². The summed E-state index contributed by atoms with van der Waals surface area (Å²) in [5.41, 5.74) is 5.85. The van der Waals surface area contributed by atoms with Crippen molar-refractivity contribution in [2.45, 2.75) is 5.75 Å². The van der Waals surface area contributed by atoms with Crippen molar-refractivity contribution in [1.29, 1.82) is 0 Å². The van der Waals surface area contributed by atoms with E-state index in [0.717, 1.165) is 0 Å². The van der Waals surface area contributed by atoms with Crippen LogP contribution in [0.1, 0.15) is 5.56 Å². The number of benzene rings is 1. The lowest BCUT2D eigenvalue weighted by Crippen LogP contribution is -2.43. The van der Waals surface area contributed by atoms with Gasteiger partial charge < -0.3 is 0 Å². The molecule has 0 amide bonds. The van der Waals surface area contributed by atoms with E-state index in [1.54, 1.807) is 18.2 Å². The number of halogens is 1. The fraction of sp³-hybridized carbons (Fsp3) is 0.125. The molecule has 0 spiro atoms. The molecule has 0 fully saturated rings. The Balaban J connectivity index is 2.63. The van der Waals surface area contributed by atoms with E-state index in [2.05, 4.69) is 0 Å². The van der Waals surface area contributed by atoms with Crippen LogP contribution in [0.5, 0.6) is 0 Å². The van der Waals surface area contributed by atoms with E-state index < -0.39 is 0 Å². The molecular weight excluding hydrogens is 175 g/mol. The van der Waals surface area contributed by atoms with Gasteiger partial charge in [0.25, 0.3) is 5.17 Å². The molecule has 64 valence electrons. The Hall–Kier alpha value is -1.03. The third-order valence-corrected chi connectivity index (χ3v) is 2.14. The lowest BCUT2D eigenvalue weighted by atomic mass is 10.2. The van der Waals surface area contributed by atoms with Gasteiger partial charge in [0.1, 0.15) is 5.82 Å². The van der Waals surface area contributed by atoms with Crippen molar-refractivity contribution in [2.24, 2.45) is 5.73 Å². The van der Waals surface area contributed by atoms with E-state index in [0.29, 0.717) is 11.3 Å². The first-order valence-corrected chi connectivity index (χ1v) is 4.43. The number of thioether (sulfide) groups is 1. The van der Waals surface area contributed by atoms with Crippen LogP contribution in [-0.4, -0.2) is 5.17 Å². The first-order valence-electron chi connectivity index (χ1n) is 3.44. The molecule has 0 radical (unpaired) electrons. The monoisotopic (exact) mass is 185 g/mol. The van der Waals surface area contributed by atoms with Crippen LogP contribution < -0.4 is 11.1 Å². The van der Waals surface area contributed by atoms with E-state index in [-0.39, 0.29) is 11.0 Å². The maximum absolute atomic E-state index is 12.9. The molecule has 0 saturated heterocycles. The lowest BCUT2D eigenvalue weighted by Gasteiger charge is -1.98. The molecule has 12 heavy (non-hydrogen) atoms. The van der Waals surface area contributed by atoms with Crippen molar-refractivity contribution in [3.63, 3.8) is 0 Å². The Morgan fingerprint density at radius 3 is 2.75 bits per heavy atom. The summed E-state index contributed by atoms with van der Waals surface area (Å²) in [5.74, 6) is 0.265. The summed E-state index contributed by atoms with van der Waals surface area (Å²) in [7, 11) is 0. The Bertz CT molecular complexity index is 288. The smallest absolute Gasteiger partial charge is 0.282 e. The summed E-state index contributed by atoms with van der Waals surface area (Å²) in [4.78, 5) is 0. The summed E-state index contributed by atoms with van der Waals surface area (Å²) < 4.78 is 12.9. The SMILES string of the molecule is NC(=[NH2+])SCc1ccccc1F. The van der Waals surface area contributed by atoms with Crippen LogP contribution >= 0.6 is 11.8 Å². The topological polar surface area (TPSA) is 51.6 Å². The molecule has 1 rings (SSSR count). The third kappa shape index (κ3) is 2.54. The summed E-state index contributed by atoms with van der Waals surface area (Å²) >= 11 is 1.23. The minimum atomic E-state index is -0.216. The van der Waals surface area contributed by atoms with Crippen molar-refractivity contribution in [3.05, 3.63) is 35.6 Å². The molecule has 0 aliphatic carbocycles. The van der Waals surface area contributed by atoms with E-state index in [4.69, 9.17) is 11.1 Å². The average molecular weight is 185 g/mol. The average Bonchev–Trinajstić information content (AvgIpc) is 2.03. The van der Waals surface area contributed by atoms with Crippen LogP contribution in [0.4, 0.5) is 4.39 Å². The Labute approximate surface area is 74.5 Å². The molecular formula is C8H10FN2S+. The van der Waals surface area contributed by atoms with Gasteiger partial charge in [-0.2, -0.15) is 0 Å². The van der Waals surface area contributed by atoms with Crippen molar-refractivity contribution in [3.8, 4) is 0 Å². The Kier molecular flexibility index (Phi) is 3.10. The molecule has 0 bridgehead atoms. The Morgan fingerprint density at radius 1 is 1.50 bits per heavy atom. The maximum Gasteiger partial charge on any atom is 0.300 e. The molecule has 0 saturated carbocycles. The molecule has 0 heterocycles. The highest BCUT2D eigenvalue weighted by molar-refractivity contribution is 8.12. The fourth-order valence-corrected chi connectivity index (χ4v) is 1.33. The van der Waals surface area contributed by atoms with Gasteiger partial charge in [0.05, 0.1) is 0 Å². The van der Waals surface area contributed by atoms with Crippen LogP contribution in [0.15, 0.2) is 24.3 Å². The first-order chi connectivity index (χ1) is 5.70. The molecule has 0 aliphatic rings. The van der Waals surface area contributed by atoms with Crippen LogP contribution in [0.2, 0.25) is 0 Å². The molecule has 0 aromatic heterocycles. The minimum Gasteiger partial charge on any atom is -0.282 e. The van der Waals surface area contributed by atoms with Gasteiger partial charge in [-0.25, -0.2) is 4.39 Å². The first kappa shape index (κ1) is 9.06. The summed E-state index contributed by atoms with van der Waals surface area (Å²) in [6.45, 7) is 0. The largest absolute Gasteiger partial charge is 0.300 e. The maximum atomic E-state index is 12.9. The molecule has 1 aromatic carbocycles. The highest BCUT2D eigenvalue weighted by atomic mass is 32.2. The number of hydrogen-bond donors (Lipinski definition) is 2. The van der Waals surface area contributed by atoms with Crippen LogP contribution in [0.25, 0.3) is 0 Å². The quantitative estimate of drug-likeness (QED) is 0.508. The molecule has 1 aromatic rings. The number of hydrogen-bond acceptors (Lipinski definition) is 1. The number of amidine groups is 1. The number of nitrogens with two attached hydrogens (primary N) is 2. The predicted molar refractivity (Wildman–Crippen MR) is 48.8 cm³/mol. The standard InChI is InChI=1S/C8H9FN2S/c9-7-4-2-1-3-6(7)5-12-8(10)11/h1-4H,5H2,(H3,10,11)/p+1. The fourth-order valence-electron chi connectivity index (χ4n) is 0.777. The van der Waals surface area contributed by atoms with Crippen molar-refractivity contribution >= 4 is 16.9 Å². The van der Waals surface area contributed by atoms with E-state index in [1.165, 1.54) is 17.8 Å². The highest BCUT2D eigenvalue weighted by Crippen LogP contribution is 2.13. The second kappa shape index (κ2) is 4.11. The second-order valence-corrected chi connectivity index (χ2v) is 3.33. The van der Waals surface area contributed by atoms with Gasteiger partial charge in [0.15, 0.2) is 0 Å². The molecule has 2 nitrogen and oxygen atoms in total. The van der Waals surface area contributed by atoms with Gasteiger partial charge in [-0.15, -0.1) is 0 Å². The minimum absolute atomic E-state index is 0.216. The van der Waals surface area contributed by atoms with E-state index >= 15 is 0 Å². The van der Waals surface area contributed by atoms with Crippen LogP contribution in [0.3, 0.4) is 0 Å². The Morgan fingerprint density at radius 2 is 2.17 bits per heavy atom.